The minimum absolute atomic E-state index is 0.0408. The lowest BCUT2D eigenvalue weighted by Gasteiger charge is -2.09. The maximum Gasteiger partial charge on any atom is 0.449 e. The number of benzene rings is 1. The summed E-state index contributed by atoms with van der Waals surface area (Å²) in [6, 6.07) is 6.42. The van der Waals surface area contributed by atoms with Gasteiger partial charge in [-0.2, -0.15) is 18.2 Å². The first-order chi connectivity index (χ1) is 10.4. The summed E-state index contributed by atoms with van der Waals surface area (Å²) in [7, 11) is 0. The Morgan fingerprint density at radius 1 is 1.18 bits per heavy atom. The molecule has 0 atom stereocenters. The molecular weight excluding hydrogens is 297 g/mol. The van der Waals surface area contributed by atoms with E-state index in [1.807, 2.05) is 13.8 Å². The summed E-state index contributed by atoms with van der Waals surface area (Å²) in [4.78, 5) is 7.79. The molecule has 116 valence electrons. The SMILES string of the molecule is CC(C)c1noc(Cn2c(C(F)(F)F)nc3ccccc32)n1. The molecule has 0 fully saturated rings. The van der Waals surface area contributed by atoms with Crippen LogP contribution in [0, 0.1) is 0 Å². The number of para-hydroxylation sites is 2. The van der Waals surface area contributed by atoms with Gasteiger partial charge in [0.15, 0.2) is 5.82 Å². The molecule has 1 aromatic carbocycles. The zero-order valence-corrected chi connectivity index (χ0v) is 11.9. The lowest BCUT2D eigenvalue weighted by atomic mass is 10.2. The van der Waals surface area contributed by atoms with Gasteiger partial charge < -0.3 is 9.09 Å². The van der Waals surface area contributed by atoms with Crippen LogP contribution in [0.4, 0.5) is 13.2 Å². The first kappa shape index (κ1) is 14.6. The van der Waals surface area contributed by atoms with Crippen molar-refractivity contribution in [2.75, 3.05) is 0 Å². The van der Waals surface area contributed by atoms with E-state index in [2.05, 4.69) is 15.1 Å². The van der Waals surface area contributed by atoms with E-state index in [-0.39, 0.29) is 23.9 Å². The Kier molecular flexibility index (Phi) is 3.38. The lowest BCUT2D eigenvalue weighted by Crippen LogP contribution is -2.15. The van der Waals surface area contributed by atoms with Gasteiger partial charge in [-0.3, -0.25) is 0 Å². The lowest BCUT2D eigenvalue weighted by molar-refractivity contribution is -0.146. The average molecular weight is 310 g/mol. The Morgan fingerprint density at radius 3 is 2.55 bits per heavy atom. The van der Waals surface area contributed by atoms with Gasteiger partial charge in [0.05, 0.1) is 11.0 Å². The number of nitrogens with zero attached hydrogens (tertiary/aromatic N) is 4. The maximum atomic E-state index is 13.2. The summed E-state index contributed by atoms with van der Waals surface area (Å²) in [6.45, 7) is 3.58. The van der Waals surface area contributed by atoms with Crippen molar-refractivity contribution >= 4 is 11.0 Å². The molecule has 0 aliphatic rings. The second-order valence-corrected chi connectivity index (χ2v) is 5.21. The van der Waals surface area contributed by atoms with Crippen LogP contribution < -0.4 is 0 Å². The van der Waals surface area contributed by atoms with E-state index < -0.39 is 12.0 Å². The Balaban J connectivity index is 2.08. The molecule has 2 heterocycles. The summed E-state index contributed by atoms with van der Waals surface area (Å²) in [6.07, 6.45) is -4.56. The summed E-state index contributed by atoms with van der Waals surface area (Å²) in [5.41, 5.74) is 0.651. The number of rotatable bonds is 3. The van der Waals surface area contributed by atoms with Crippen LogP contribution in [0.1, 0.15) is 37.3 Å². The molecule has 0 bridgehead atoms. The third-order valence-corrected chi connectivity index (χ3v) is 3.20. The molecule has 3 rings (SSSR count). The first-order valence-corrected chi connectivity index (χ1v) is 6.71. The fourth-order valence-electron chi connectivity index (χ4n) is 2.15. The number of aromatic nitrogens is 4. The van der Waals surface area contributed by atoms with Crippen LogP contribution in [0.3, 0.4) is 0 Å². The molecule has 0 spiro atoms. The molecule has 3 aromatic rings. The third kappa shape index (κ3) is 2.56. The van der Waals surface area contributed by atoms with Crippen molar-refractivity contribution < 1.29 is 17.7 Å². The number of fused-ring (bicyclic) bond motifs is 1. The summed E-state index contributed by atoms with van der Waals surface area (Å²) in [5.74, 6) is -0.345. The zero-order valence-electron chi connectivity index (χ0n) is 11.9. The minimum atomic E-state index is -4.56. The Bertz CT molecular complexity index is 804. The van der Waals surface area contributed by atoms with Crippen LogP contribution in [0.5, 0.6) is 0 Å². The molecule has 0 unspecified atom stereocenters. The molecule has 0 aliphatic heterocycles. The second kappa shape index (κ2) is 5.11. The van der Waals surface area contributed by atoms with Crippen molar-refractivity contribution in [3.8, 4) is 0 Å². The summed E-state index contributed by atoms with van der Waals surface area (Å²) in [5, 5.41) is 3.77. The zero-order chi connectivity index (χ0) is 15.9. The molecule has 0 saturated carbocycles. The highest BCUT2D eigenvalue weighted by Crippen LogP contribution is 2.31. The standard InChI is InChI=1S/C14H13F3N4O/c1-8(2)12-19-11(22-20-12)7-21-10-6-4-3-5-9(10)18-13(21)14(15,16)17/h3-6,8H,7H2,1-2H3. The van der Waals surface area contributed by atoms with E-state index in [1.54, 1.807) is 18.2 Å². The van der Waals surface area contributed by atoms with E-state index in [0.717, 1.165) is 4.57 Å². The number of imidazole rings is 1. The molecule has 0 N–H and O–H groups in total. The number of hydrogen-bond acceptors (Lipinski definition) is 4. The van der Waals surface area contributed by atoms with Crippen LogP contribution in [-0.2, 0) is 12.7 Å². The van der Waals surface area contributed by atoms with E-state index in [1.165, 1.54) is 6.07 Å². The monoisotopic (exact) mass is 310 g/mol. The fourth-order valence-corrected chi connectivity index (χ4v) is 2.15. The van der Waals surface area contributed by atoms with Crippen molar-refractivity contribution in [3.05, 3.63) is 41.8 Å². The van der Waals surface area contributed by atoms with Gasteiger partial charge in [-0.1, -0.05) is 31.1 Å². The average Bonchev–Trinajstić information content (AvgIpc) is 3.04. The van der Waals surface area contributed by atoms with Gasteiger partial charge in [0.25, 0.3) is 0 Å². The number of alkyl halides is 3. The van der Waals surface area contributed by atoms with E-state index in [0.29, 0.717) is 11.3 Å². The Morgan fingerprint density at radius 2 is 1.91 bits per heavy atom. The highest BCUT2D eigenvalue weighted by Gasteiger charge is 2.38. The summed E-state index contributed by atoms with van der Waals surface area (Å²) < 4.78 is 45.6. The number of halogens is 3. The Hall–Kier alpha value is -2.38. The molecule has 0 radical (unpaired) electrons. The highest BCUT2D eigenvalue weighted by atomic mass is 19.4. The van der Waals surface area contributed by atoms with Crippen molar-refractivity contribution in [2.45, 2.75) is 32.5 Å². The van der Waals surface area contributed by atoms with E-state index in [4.69, 9.17) is 4.52 Å². The van der Waals surface area contributed by atoms with Crippen molar-refractivity contribution in [2.24, 2.45) is 0 Å². The first-order valence-electron chi connectivity index (χ1n) is 6.71. The van der Waals surface area contributed by atoms with Gasteiger partial charge in [-0.15, -0.1) is 0 Å². The molecule has 0 aliphatic carbocycles. The predicted molar refractivity (Wildman–Crippen MR) is 72.2 cm³/mol. The van der Waals surface area contributed by atoms with Crippen LogP contribution in [0.2, 0.25) is 0 Å². The smallest absolute Gasteiger partial charge is 0.337 e. The molecule has 8 heteroatoms. The van der Waals surface area contributed by atoms with Gasteiger partial charge in [0.2, 0.25) is 11.7 Å². The molecule has 22 heavy (non-hydrogen) atoms. The molecule has 2 aromatic heterocycles. The van der Waals surface area contributed by atoms with Gasteiger partial charge in [-0.25, -0.2) is 4.98 Å². The van der Waals surface area contributed by atoms with Crippen LogP contribution in [0.25, 0.3) is 11.0 Å². The van der Waals surface area contributed by atoms with Crippen LogP contribution >= 0.6 is 0 Å². The van der Waals surface area contributed by atoms with Gasteiger partial charge >= 0.3 is 6.18 Å². The second-order valence-electron chi connectivity index (χ2n) is 5.21. The quantitative estimate of drug-likeness (QED) is 0.741. The van der Waals surface area contributed by atoms with Crippen LogP contribution in [-0.4, -0.2) is 19.7 Å². The van der Waals surface area contributed by atoms with Crippen molar-refractivity contribution in [1.29, 1.82) is 0 Å². The van der Waals surface area contributed by atoms with Crippen molar-refractivity contribution in [1.82, 2.24) is 19.7 Å². The highest BCUT2D eigenvalue weighted by molar-refractivity contribution is 5.76. The van der Waals surface area contributed by atoms with Gasteiger partial charge in [0, 0.05) is 5.92 Å². The molecular formula is C14H13F3N4O. The normalized spacial score (nSPS) is 12.5. The van der Waals surface area contributed by atoms with Crippen LogP contribution in [0.15, 0.2) is 28.8 Å². The maximum absolute atomic E-state index is 13.2. The third-order valence-electron chi connectivity index (χ3n) is 3.20. The topological polar surface area (TPSA) is 56.7 Å². The van der Waals surface area contributed by atoms with Crippen molar-refractivity contribution in [3.63, 3.8) is 0 Å². The van der Waals surface area contributed by atoms with Gasteiger partial charge in [-0.05, 0) is 12.1 Å². The van der Waals surface area contributed by atoms with E-state index >= 15 is 0 Å². The predicted octanol–water partition coefficient (Wildman–Crippen LogP) is 3.61. The van der Waals surface area contributed by atoms with Gasteiger partial charge in [0.1, 0.15) is 6.54 Å². The molecule has 0 saturated heterocycles. The number of hydrogen-bond donors (Lipinski definition) is 0. The summed E-state index contributed by atoms with van der Waals surface area (Å²) >= 11 is 0. The Labute approximate surface area is 123 Å². The largest absolute Gasteiger partial charge is 0.449 e. The van der Waals surface area contributed by atoms with E-state index in [9.17, 15) is 13.2 Å². The minimum Gasteiger partial charge on any atom is -0.337 e. The molecule has 0 amide bonds. The molecule has 5 nitrogen and oxygen atoms in total. The fraction of sp³-hybridized carbons (Fsp3) is 0.357.